The number of piperidine rings is 1. The van der Waals surface area contributed by atoms with Crippen LogP contribution in [0, 0.1) is 5.82 Å². The van der Waals surface area contributed by atoms with Crippen LogP contribution in [0.5, 0.6) is 0 Å². The van der Waals surface area contributed by atoms with Gasteiger partial charge in [0.1, 0.15) is 16.7 Å². The van der Waals surface area contributed by atoms with Gasteiger partial charge in [0.25, 0.3) is 10.0 Å². The Labute approximate surface area is 219 Å². The minimum Gasteiger partial charge on any atom is -0.472 e. The Morgan fingerprint density at radius 1 is 1.05 bits per heavy atom. The molecule has 6 nitrogen and oxygen atoms in total. The van der Waals surface area contributed by atoms with E-state index in [4.69, 9.17) is 4.74 Å². The molecular formula is C29H37FN2O4S. The van der Waals surface area contributed by atoms with Gasteiger partial charge in [0.2, 0.25) is 5.90 Å². The number of hydrogen-bond acceptors (Lipinski definition) is 5. The number of aliphatic hydroxyl groups is 1. The fourth-order valence-corrected chi connectivity index (χ4v) is 7.87. The Hall–Kier alpha value is -2.29. The Kier molecular flexibility index (Phi) is 7.44. The van der Waals surface area contributed by atoms with Crippen LogP contribution in [0.4, 0.5) is 4.39 Å². The first-order chi connectivity index (χ1) is 17.7. The molecule has 5 rings (SSSR count). The summed E-state index contributed by atoms with van der Waals surface area (Å²) in [6.07, 6.45) is 5.31. The number of sulfonamides is 1. The lowest BCUT2D eigenvalue weighted by atomic mass is 9.87. The number of rotatable bonds is 8. The zero-order valence-electron chi connectivity index (χ0n) is 21.6. The van der Waals surface area contributed by atoms with Gasteiger partial charge in [-0.25, -0.2) is 12.8 Å². The van der Waals surface area contributed by atoms with Crippen LogP contribution < -0.4 is 0 Å². The normalized spacial score (nSPS) is 24.8. The predicted octanol–water partition coefficient (Wildman–Crippen LogP) is 5.30. The van der Waals surface area contributed by atoms with Crippen molar-refractivity contribution in [2.75, 3.05) is 19.7 Å². The first-order valence-electron chi connectivity index (χ1n) is 13.4. The van der Waals surface area contributed by atoms with Crippen molar-refractivity contribution in [1.29, 1.82) is 0 Å². The molecule has 0 aromatic heterocycles. The molecule has 2 aliphatic heterocycles. The summed E-state index contributed by atoms with van der Waals surface area (Å²) in [5.41, 5.74) is 1.27. The van der Waals surface area contributed by atoms with Gasteiger partial charge in [-0.05, 0) is 93.6 Å². The van der Waals surface area contributed by atoms with E-state index >= 15 is 0 Å². The zero-order chi connectivity index (χ0) is 26.2. The van der Waals surface area contributed by atoms with E-state index in [-0.39, 0.29) is 25.3 Å². The van der Waals surface area contributed by atoms with Crippen LogP contribution in [0.1, 0.15) is 86.1 Å². The minimum absolute atomic E-state index is 0.0574. The van der Waals surface area contributed by atoms with Crippen molar-refractivity contribution < 1.29 is 22.7 Å². The van der Waals surface area contributed by atoms with E-state index in [1.807, 2.05) is 12.1 Å². The Balaban J connectivity index is 1.33. The summed E-state index contributed by atoms with van der Waals surface area (Å²) in [5, 5.41) is 8.60. The third-order valence-electron chi connectivity index (χ3n) is 8.09. The number of aliphatic hydroxyl groups excluding tert-OH is 1. The highest BCUT2D eigenvalue weighted by Gasteiger charge is 2.47. The summed E-state index contributed by atoms with van der Waals surface area (Å²) in [7, 11) is -3.93. The van der Waals surface area contributed by atoms with Crippen molar-refractivity contribution in [1.82, 2.24) is 4.90 Å². The molecule has 2 atom stereocenters. The molecule has 1 N–H and O–H groups in total. The van der Waals surface area contributed by atoms with E-state index in [9.17, 15) is 17.9 Å². The van der Waals surface area contributed by atoms with Gasteiger partial charge in [-0.3, -0.25) is 0 Å². The van der Waals surface area contributed by atoms with E-state index in [2.05, 4.69) is 21.4 Å². The van der Waals surface area contributed by atoms with Crippen LogP contribution in [-0.4, -0.2) is 55.7 Å². The lowest BCUT2D eigenvalue weighted by molar-refractivity contribution is 0.0797. The first-order valence-corrected chi connectivity index (χ1v) is 14.9. The topological polar surface area (TPSA) is 79.2 Å². The van der Waals surface area contributed by atoms with Crippen molar-refractivity contribution in [3.63, 3.8) is 0 Å². The molecule has 1 saturated heterocycles. The maximum Gasteiger partial charge on any atom is 0.267 e. The molecule has 2 fully saturated rings. The van der Waals surface area contributed by atoms with Gasteiger partial charge in [0.05, 0.1) is 0 Å². The highest BCUT2D eigenvalue weighted by Crippen LogP contribution is 2.43. The van der Waals surface area contributed by atoms with Crippen LogP contribution in [0.25, 0.3) is 0 Å². The van der Waals surface area contributed by atoms with Crippen LogP contribution in [-0.2, 0) is 14.8 Å². The molecule has 0 spiro atoms. The smallest absolute Gasteiger partial charge is 0.267 e. The molecular weight excluding hydrogens is 491 g/mol. The second kappa shape index (κ2) is 10.5. The molecule has 8 heteroatoms. The van der Waals surface area contributed by atoms with Gasteiger partial charge in [0.15, 0.2) is 0 Å². The van der Waals surface area contributed by atoms with E-state index in [0.717, 1.165) is 32.0 Å². The van der Waals surface area contributed by atoms with E-state index in [1.165, 1.54) is 24.5 Å². The van der Waals surface area contributed by atoms with Crippen LogP contribution in [0.15, 0.2) is 52.9 Å². The molecule has 200 valence electrons. The number of hydrogen-bond donors (Lipinski definition) is 1. The first kappa shape index (κ1) is 26.3. The monoisotopic (exact) mass is 528 g/mol. The van der Waals surface area contributed by atoms with Gasteiger partial charge < -0.3 is 14.7 Å². The quantitative estimate of drug-likeness (QED) is 0.503. The third-order valence-corrected chi connectivity index (χ3v) is 9.98. The number of benzene rings is 2. The van der Waals surface area contributed by atoms with Crippen LogP contribution in [0.3, 0.4) is 0 Å². The van der Waals surface area contributed by atoms with Gasteiger partial charge in [-0.2, -0.15) is 0 Å². The molecule has 2 heterocycles. The van der Waals surface area contributed by atoms with Gasteiger partial charge >= 0.3 is 0 Å². The Morgan fingerprint density at radius 3 is 2.30 bits per heavy atom. The van der Waals surface area contributed by atoms with Crippen molar-refractivity contribution in [3.05, 3.63) is 71.0 Å². The fraction of sp³-hybridized carbons (Fsp3) is 0.552. The summed E-state index contributed by atoms with van der Waals surface area (Å²) < 4.78 is 51.5. The van der Waals surface area contributed by atoms with Gasteiger partial charge in [-0.1, -0.05) is 42.5 Å². The molecule has 0 bridgehead atoms. The number of nitrogens with zero attached hydrogens (tertiary/aromatic N) is 2. The third kappa shape index (κ3) is 5.76. The largest absolute Gasteiger partial charge is 0.472 e. The SMILES string of the molecule is CC1(C)OC(C[C@@H](CCO)c2ccccc2F)=NS(=O)(=O)C1c1ccc(C2CCN(C3CC3)CC2)cc1. The molecule has 0 amide bonds. The highest BCUT2D eigenvalue weighted by atomic mass is 32.2. The lowest BCUT2D eigenvalue weighted by Gasteiger charge is -2.38. The molecule has 2 aromatic rings. The average molecular weight is 529 g/mol. The van der Waals surface area contributed by atoms with Crippen molar-refractivity contribution >= 4 is 15.9 Å². The van der Waals surface area contributed by atoms with Gasteiger partial charge in [-0.15, -0.1) is 4.40 Å². The van der Waals surface area contributed by atoms with Crippen molar-refractivity contribution in [2.24, 2.45) is 4.40 Å². The Morgan fingerprint density at radius 2 is 1.70 bits per heavy atom. The molecule has 1 aliphatic carbocycles. The molecule has 1 unspecified atom stereocenters. The van der Waals surface area contributed by atoms with E-state index < -0.39 is 32.6 Å². The summed E-state index contributed by atoms with van der Waals surface area (Å²) in [6.45, 7) is 5.63. The highest BCUT2D eigenvalue weighted by molar-refractivity contribution is 7.90. The molecule has 37 heavy (non-hydrogen) atoms. The molecule has 2 aromatic carbocycles. The second-order valence-corrected chi connectivity index (χ2v) is 12.9. The Bertz CT molecular complexity index is 1230. The van der Waals surface area contributed by atoms with E-state index in [1.54, 1.807) is 32.0 Å². The zero-order valence-corrected chi connectivity index (χ0v) is 22.5. The van der Waals surface area contributed by atoms with Gasteiger partial charge in [0, 0.05) is 19.1 Å². The van der Waals surface area contributed by atoms with Crippen molar-refractivity contribution in [2.45, 2.75) is 81.1 Å². The second-order valence-electron chi connectivity index (χ2n) is 11.2. The number of halogens is 1. The van der Waals surface area contributed by atoms with Crippen LogP contribution in [0.2, 0.25) is 0 Å². The standard InChI is InChI=1S/C29H37FN2O4S/c1-29(2)28(22-9-7-20(8-10-22)21-13-16-32(17-14-21)24-11-12-24)37(34,35)31-27(36-29)19-23(15-18-33)25-5-3-4-6-26(25)30/h3-10,21,23-24,28,33H,11-19H2,1-2H3/t23-,28?/m1/s1. The number of likely N-dealkylation sites (tertiary alicyclic amines) is 1. The summed E-state index contributed by atoms with van der Waals surface area (Å²) in [4.78, 5) is 2.60. The van der Waals surface area contributed by atoms with Crippen molar-refractivity contribution in [3.8, 4) is 0 Å². The number of ether oxygens (including phenoxy) is 1. The summed E-state index contributed by atoms with van der Waals surface area (Å²) >= 11 is 0. The summed E-state index contributed by atoms with van der Waals surface area (Å²) in [5.74, 6) is -0.279. The summed E-state index contributed by atoms with van der Waals surface area (Å²) in [6, 6.07) is 15.1. The predicted molar refractivity (Wildman–Crippen MR) is 143 cm³/mol. The van der Waals surface area contributed by atoms with Crippen LogP contribution >= 0.6 is 0 Å². The molecule has 1 saturated carbocycles. The molecule has 0 radical (unpaired) electrons. The molecule has 3 aliphatic rings. The maximum absolute atomic E-state index is 14.4. The minimum atomic E-state index is -3.93. The maximum atomic E-state index is 14.4. The fourth-order valence-electron chi connectivity index (χ4n) is 6.10. The van der Waals surface area contributed by atoms with E-state index in [0.29, 0.717) is 17.0 Å². The average Bonchev–Trinajstić information content (AvgIpc) is 3.69. The lowest BCUT2D eigenvalue weighted by Crippen LogP contribution is -2.43.